The first-order chi connectivity index (χ1) is 17.2. The zero-order valence-electron chi connectivity index (χ0n) is 20.9. The van der Waals surface area contributed by atoms with Crippen LogP contribution < -0.4 is 9.47 Å². The Morgan fingerprint density at radius 2 is 1.26 bits per heavy atom. The van der Waals surface area contributed by atoms with Gasteiger partial charge >= 0.3 is 0 Å². The van der Waals surface area contributed by atoms with Crippen LogP contribution in [-0.4, -0.2) is 24.4 Å². The highest BCUT2D eigenvalue weighted by molar-refractivity contribution is 5.69. The fraction of sp³-hybridized carbons (Fsp3) is 0.333. The number of unbranched alkanes of at least 4 members (excludes halogenated alkanes) is 5. The fourth-order valence-electron chi connectivity index (χ4n) is 4.21. The van der Waals surface area contributed by atoms with E-state index in [2.05, 4.69) is 53.5 Å². The second kappa shape index (κ2) is 12.2. The van der Waals surface area contributed by atoms with E-state index in [9.17, 15) is 0 Å². The molecular weight excluding hydrogens is 436 g/mol. The molecule has 35 heavy (non-hydrogen) atoms. The quantitative estimate of drug-likeness (QED) is 0.196. The van der Waals surface area contributed by atoms with Crippen LogP contribution >= 0.6 is 0 Å². The normalized spacial score (nSPS) is 10.9. The number of aryl methyl sites for hydroxylation is 1. The predicted octanol–water partition coefficient (Wildman–Crippen LogP) is 7.99. The number of benzene rings is 3. The summed E-state index contributed by atoms with van der Waals surface area (Å²) in [6, 6.07) is 22.7. The Morgan fingerprint density at radius 1 is 0.657 bits per heavy atom. The third-order valence-electron chi connectivity index (χ3n) is 6.31. The molecule has 0 aliphatic rings. The largest absolute Gasteiger partial charge is 0.493 e. The maximum absolute atomic E-state index is 5.51. The molecule has 4 aromatic rings. The van der Waals surface area contributed by atoms with Gasteiger partial charge in [0.2, 0.25) is 5.82 Å². The van der Waals surface area contributed by atoms with Gasteiger partial charge in [-0.3, -0.25) is 0 Å². The molecule has 0 saturated carbocycles. The molecule has 5 nitrogen and oxygen atoms in total. The van der Waals surface area contributed by atoms with Crippen molar-refractivity contribution in [2.45, 2.75) is 51.9 Å². The van der Waals surface area contributed by atoms with Gasteiger partial charge in [0.25, 0.3) is 5.89 Å². The zero-order chi connectivity index (χ0) is 24.5. The number of hydrogen-bond donors (Lipinski definition) is 0. The molecule has 0 amide bonds. The van der Waals surface area contributed by atoms with Crippen molar-refractivity contribution in [1.82, 2.24) is 10.1 Å². The Labute approximate surface area is 208 Å². The van der Waals surface area contributed by atoms with Gasteiger partial charge in [0, 0.05) is 11.1 Å². The van der Waals surface area contributed by atoms with Gasteiger partial charge < -0.3 is 14.0 Å². The highest BCUT2D eigenvalue weighted by atomic mass is 16.5. The second-order valence-electron chi connectivity index (χ2n) is 8.78. The maximum Gasteiger partial charge on any atom is 0.258 e. The zero-order valence-corrected chi connectivity index (χ0v) is 20.9. The summed E-state index contributed by atoms with van der Waals surface area (Å²) in [4.78, 5) is 4.57. The molecule has 0 unspecified atom stereocenters. The van der Waals surface area contributed by atoms with Crippen LogP contribution in [0.2, 0.25) is 0 Å². The minimum Gasteiger partial charge on any atom is -0.493 e. The van der Waals surface area contributed by atoms with Crippen LogP contribution in [0.25, 0.3) is 34.0 Å². The average Bonchev–Trinajstić information content (AvgIpc) is 3.41. The van der Waals surface area contributed by atoms with Crippen molar-refractivity contribution in [2.24, 2.45) is 0 Å². The summed E-state index contributed by atoms with van der Waals surface area (Å²) < 4.78 is 16.2. The topological polar surface area (TPSA) is 57.4 Å². The van der Waals surface area contributed by atoms with Crippen molar-refractivity contribution in [3.63, 3.8) is 0 Å². The number of methoxy groups -OCH3 is 2. The average molecular weight is 471 g/mol. The van der Waals surface area contributed by atoms with Gasteiger partial charge in [-0.25, -0.2) is 0 Å². The summed E-state index contributed by atoms with van der Waals surface area (Å²) in [5.74, 6) is 2.26. The number of rotatable bonds is 12. The summed E-state index contributed by atoms with van der Waals surface area (Å²) in [6.07, 6.45) is 9.14. The van der Waals surface area contributed by atoms with Crippen molar-refractivity contribution in [3.8, 4) is 45.5 Å². The third kappa shape index (κ3) is 6.30. The highest BCUT2D eigenvalue weighted by Crippen LogP contribution is 2.32. The van der Waals surface area contributed by atoms with Crippen molar-refractivity contribution < 1.29 is 14.0 Å². The molecule has 0 aliphatic heterocycles. The highest BCUT2D eigenvalue weighted by Gasteiger charge is 2.13. The maximum atomic E-state index is 5.51. The molecule has 3 aromatic carbocycles. The molecule has 0 spiro atoms. The molecule has 182 valence electrons. The molecule has 1 aromatic heterocycles. The predicted molar refractivity (Wildman–Crippen MR) is 141 cm³/mol. The van der Waals surface area contributed by atoms with E-state index in [-0.39, 0.29) is 0 Å². The molecule has 1 heterocycles. The standard InChI is InChI=1S/C30H34N2O3/c1-4-5-6-7-8-9-10-22-11-13-23(14-12-22)24-15-17-25(18-16-24)29-31-30(35-32-29)26-19-20-27(33-2)28(21-26)34-3/h11-21H,4-10H2,1-3H3. The lowest BCUT2D eigenvalue weighted by molar-refractivity contribution is 0.355. The summed E-state index contributed by atoms with van der Waals surface area (Å²) in [5.41, 5.74) is 5.48. The molecule has 0 radical (unpaired) electrons. The van der Waals surface area contributed by atoms with Crippen molar-refractivity contribution in [2.75, 3.05) is 14.2 Å². The fourth-order valence-corrected chi connectivity index (χ4v) is 4.21. The molecule has 5 heteroatoms. The summed E-state index contributed by atoms with van der Waals surface area (Å²) in [5, 5.41) is 4.17. The van der Waals surface area contributed by atoms with Gasteiger partial charge in [-0.2, -0.15) is 4.98 Å². The smallest absolute Gasteiger partial charge is 0.258 e. The Kier molecular flexibility index (Phi) is 8.55. The van der Waals surface area contributed by atoms with Crippen LogP contribution in [0.15, 0.2) is 71.3 Å². The second-order valence-corrected chi connectivity index (χ2v) is 8.78. The van der Waals surface area contributed by atoms with Gasteiger partial charge in [0.05, 0.1) is 14.2 Å². The SMILES string of the molecule is CCCCCCCCc1ccc(-c2ccc(-c3noc(-c4ccc(OC)c(OC)c4)n3)cc2)cc1. The van der Waals surface area contributed by atoms with E-state index in [4.69, 9.17) is 14.0 Å². The molecule has 0 fully saturated rings. The summed E-state index contributed by atoms with van der Waals surface area (Å²) in [7, 11) is 3.21. The molecule has 0 saturated heterocycles. The Balaban J connectivity index is 1.38. The van der Waals surface area contributed by atoms with E-state index in [1.54, 1.807) is 14.2 Å². The third-order valence-corrected chi connectivity index (χ3v) is 6.31. The van der Waals surface area contributed by atoms with Crippen molar-refractivity contribution in [3.05, 3.63) is 72.3 Å². The van der Waals surface area contributed by atoms with Crippen molar-refractivity contribution in [1.29, 1.82) is 0 Å². The lowest BCUT2D eigenvalue weighted by atomic mass is 10.00. The van der Waals surface area contributed by atoms with Crippen LogP contribution in [0.5, 0.6) is 11.5 Å². The van der Waals surface area contributed by atoms with Crippen LogP contribution in [0, 0.1) is 0 Å². The molecular formula is C30H34N2O3. The monoisotopic (exact) mass is 470 g/mol. The van der Waals surface area contributed by atoms with Crippen LogP contribution in [0.1, 0.15) is 51.0 Å². The molecule has 0 atom stereocenters. The Hall–Kier alpha value is -3.60. The van der Waals surface area contributed by atoms with Crippen LogP contribution in [0.4, 0.5) is 0 Å². The van der Waals surface area contributed by atoms with E-state index in [0.717, 1.165) is 17.5 Å². The lowest BCUT2D eigenvalue weighted by Crippen LogP contribution is -1.91. The number of nitrogens with zero attached hydrogens (tertiary/aromatic N) is 2. The van der Waals surface area contributed by atoms with E-state index >= 15 is 0 Å². The van der Waals surface area contributed by atoms with E-state index in [0.29, 0.717) is 23.2 Å². The van der Waals surface area contributed by atoms with E-state index in [1.165, 1.54) is 55.2 Å². The lowest BCUT2D eigenvalue weighted by Gasteiger charge is -2.07. The van der Waals surface area contributed by atoms with Gasteiger partial charge in [0.1, 0.15) is 0 Å². The van der Waals surface area contributed by atoms with Gasteiger partial charge in [-0.05, 0) is 47.7 Å². The first-order valence-electron chi connectivity index (χ1n) is 12.5. The van der Waals surface area contributed by atoms with Gasteiger partial charge in [-0.1, -0.05) is 92.7 Å². The first kappa shape index (κ1) is 24.5. The first-order valence-corrected chi connectivity index (χ1v) is 12.5. The molecule has 0 bridgehead atoms. The summed E-state index contributed by atoms with van der Waals surface area (Å²) in [6.45, 7) is 2.26. The molecule has 0 aliphatic carbocycles. The molecule has 0 N–H and O–H groups in total. The number of hydrogen-bond acceptors (Lipinski definition) is 5. The van der Waals surface area contributed by atoms with Crippen LogP contribution in [0.3, 0.4) is 0 Å². The minimum absolute atomic E-state index is 0.436. The number of ether oxygens (including phenoxy) is 2. The Bertz CT molecular complexity index is 1200. The Morgan fingerprint density at radius 3 is 1.94 bits per heavy atom. The van der Waals surface area contributed by atoms with Crippen molar-refractivity contribution >= 4 is 0 Å². The minimum atomic E-state index is 0.436. The summed E-state index contributed by atoms with van der Waals surface area (Å²) >= 11 is 0. The van der Waals surface area contributed by atoms with Crippen LogP contribution in [-0.2, 0) is 6.42 Å². The van der Waals surface area contributed by atoms with Gasteiger partial charge in [-0.15, -0.1) is 0 Å². The number of aromatic nitrogens is 2. The van der Waals surface area contributed by atoms with E-state index in [1.807, 2.05) is 30.3 Å². The van der Waals surface area contributed by atoms with Gasteiger partial charge in [0.15, 0.2) is 11.5 Å². The van der Waals surface area contributed by atoms with E-state index < -0.39 is 0 Å². The molecule has 4 rings (SSSR count).